The minimum atomic E-state index is -0.316. The van der Waals surface area contributed by atoms with E-state index in [-0.39, 0.29) is 23.6 Å². The van der Waals surface area contributed by atoms with Crippen molar-refractivity contribution in [2.45, 2.75) is 38.6 Å². The van der Waals surface area contributed by atoms with Gasteiger partial charge in [-0.3, -0.25) is 4.79 Å². The second-order valence-electron chi connectivity index (χ2n) is 7.21. The minimum absolute atomic E-state index is 0.0261. The second-order valence-corrected chi connectivity index (χ2v) is 7.65. The van der Waals surface area contributed by atoms with Crippen molar-refractivity contribution in [2.75, 3.05) is 6.61 Å². The van der Waals surface area contributed by atoms with Crippen molar-refractivity contribution < 1.29 is 13.9 Å². The molecule has 1 fully saturated rings. The van der Waals surface area contributed by atoms with Gasteiger partial charge in [0.1, 0.15) is 11.6 Å². The maximum absolute atomic E-state index is 13.8. The number of carbonyl (C=O) groups is 1. The van der Waals surface area contributed by atoms with Crippen molar-refractivity contribution in [3.63, 3.8) is 0 Å². The molecule has 3 aromatic rings. The number of rotatable bonds is 5. The SMILES string of the molecule is CCOC(=O)C1CCCC1c1nc2cc(F)ccc2n1Cc1ccc(Cl)cc1. The zero-order valence-corrected chi connectivity index (χ0v) is 16.5. The first-order valence-electron chi connectivity index (χ1n) is 9.63. The van der Waals surface area contributed by atoms with Crippen LogP contribution in [0.25, 0.3) is 11.0 Å². The Hall–Kier alpha value is -2.40. The molecule has 0 radical (unpaired) electrons. The highest BCUT2D eigenvalue weighted by molar-refractivity contribution is 6.30. The summed E-state index contributed by atoms with van der Waals surface area (Å²) in [6.45, 7) is 2.77. The lowest BCUT2D eigenvalue weighted by Gasteiger charge is -2.19. The summed E-state index contributed by atoms with van der Waals surface area (Å²) in [4.78, 5) is 17.2. The number of ether oxygens (including phenoxy) is 1. The molecule has 28 heavy (non-hydrogen) atoms. The van der Waals surface area contributed by atoms with Crippen LogP contribution in [-0.4, -0.2) is 22.1 Å². The molecule has 0 saturated heterocycles. The number of carbonyl (C=O) groups excluding carboxylic acids is 1. The van der Waals surface area contributed by atoms with Gasteiger partial charge in [-0.05, 0) is 49.6 Å². The molecule has 1 saturated carbocycles. The molecular weight excluding hydrogens is 379 g/mol. The van der Waals surface area contributed by atoms with E-state index < -0.39 is 0 Å². The Kier molecular flexibility index (Phi) is 5.36. The number of aromatic nitrogens is 2. The van der Waals surface area contributed by atoms with E-state index in [9.17, 15) is 9.18 Å². The van der Waals surface area contributed by atoms with Crippen molar-refractivity contribution in [3.05, 3.63) is 64.7 Å². The topological polar surface area (TPSA) is 44.1 Å². The third kappa shape index (κ3) is 3.63. The van der Waals surface area contributed by atoms with Crippen molar-refractivity contribution in [1.82, 2.24) is 9.55 Å². The van der Waals surface area contributed by atoms with Crippen LogP contribution in [0.1, 0.15) is 43.5 Å². The Balaban J connectivity index is 1.78. The highest BCUT2D eigenvalue weighted by Crippen LogP contribution is 2.41. The smallest absolute Gasteiger partial charge is 0.309 e. The molecule has 0 N–H and O–H groups in total. The van der Waals surface area contributed by atoms with Gasteiger partial charge in [0.15, 0.2) is 0 Å². The summed E-state index contributed by atoms with van der Waals surface area (Å²) in [6, 6.07) is 12.3. The van der Waals surface area contributed by atoms with Gasteiger partial charge in [-0.1, -0.05) is 30.2 Å². The van der Waals surface area contributed by atoms with Gasteiger partial charge in [-0.15, -0.1) is 0 Å². The van der Waals surface area contributed by atoms with Gasteiger partial charge < -0.3 is 9.30 Å². The van der Waals surface area contributed by atoms with E-state index in [2.05, 4.69) is 4.57 Å². The monoisotopic (exact) mass is 400 g/mol. The third-order valence-electron chi connectivity index (χ3n) is 5.43. The molecule has 0 aliphatic heterocycles. The number of imidazole rings is 1. The molecule has 2 atom stereocenters. The first-order valence-corrected chi connectivity index (χ1v) is 10.0. The maximum atomic E-state index is 13.8. The molecule has 4 nitrogen and oxygen atoms in total. The fourth-order valence-corrected chi connectivity index (χ4v) is 4.27. The van der Waals surface area contributed by atoms with Crippen LogP contribution in [0.4, 0.5) is 4.39 Å². The normalized spacial score (nSPS) is 19.2. The van der Waals surface area contributed by atoms with Crippen LogP contribution in [0.3, 0.4) is 0 Å². The summed E-state index contributed by atoms with van der Waals surface area (Å²) in [6.07, 6.45) is 2.62. The van der Waals surface area contributed by atoms with Crippen LogP contribution in [-0.2, 0) is 16.1 Å². The van der Waals surface area contributed by atoms with Crippen molar-refractivity contribution in [3.8, 4) is 0 Å². The highest BCUT2D eigenvalue weighted by atomic mass is 35.5. The molecule has 1 aliphatic rings. The standard InChI is InChI=1S/C22H22ClFN2O2/c1-2-28-22(27)18-5-3-4-17(18)21-25-19-12-16(24)10-11-20(19)26(21)13-14-6-8-15(23)9-7-14/h6-12,17-18H,2-5,13H2,1H3. The number of esters is 1. The second kappa shape index (κ2) is 7.92. The van der Waals surface area contributed by atoms with E-state index in [1.165, 1.54) is 12.1 Å². The molecular formula is C22H22ClFN2O2. The molecule has 1 aliphatic carbocycles. The maximum Gasteiger partial charge on any atom is 0.309 e. The minimum Gasteiger partial charge on any atom is -0.466 e. The molecule has 146 valence electrons. The zero-order chi connectivity index (χ0) is 19.7. The van der Waals surface area contributed by atoms with E-state index in [4.69, 9.17) is 21.3 Å². The number of fused-ring (bicyclic) bond motifs is 1. The van der Waals surface area contributed by atoms with Crippen LogP contribution < -0.4 is 0 Å². The van der Waals surface area contributed by atoms with E-state index in [0.717, 1.165) is 36.2 Å². The lowest BCUT2D eigenvalue weighted by molar-refractivity contribution is -0.148. The van der Waals surface area contributed by atoms with E-state index in [1.54, 1.807) is 6.07 Å². The Morgan fingerprint density at radius 1 is 1.25 bits per heavy atom. The van der Waals surface area contributed by atoms with Gasteiger partial charge in [0.05, 0.1) is 23.6 Å². The highest BCUT2D eigenvalue weighted by Gasteiger charge is 2.38. The predicted octanol–water partition coefficient (Wildman–Crippen LogP) is 5.32. The number of nitrogens with zero attached hydrogens (tertiary/aromatic N) is 2. The molecule has 6 heteroatoms. The Bertz CT molecular complexity index is 1000. The Morgan fingerprint density at radius 3 is 2.79 bits per heavy atom. The van der Waals surface area contributed by atoms with E-state index >= 15 is 0 Å². The van der Waals surface area contributed by atoms with Crippen LogP contribution in [0.5, 0.6) is 0 Å². The lowest BCUT2D eigenvalue weighted by Crippen LogP contribution is -2.23. The Morgan fingerprint density at radius 2 is 2.04 bits per heavy atom. The molecule has 2 unspecified atom stereocenters. The van der Waals surface area contributed by atoms with Gasteiger partial charge in [-0.2, -0.15) is 0 Å². The van der Waals surface area contributed by atoms with Gasteiger partial charge in [-0.25, -0.2) is 9.37 Å². The largest absolute Gasteiger partial charge is 0.466 e. The number of benzene rings is 2. The summed E-state index contributed by atoms with van der Waals surface area (Å²) in [5.74, 6) is 0.114. The van der Waals surface area contributed by atoms with Crippen molar-refractivity contribution in [2.24, 2.45) is 5.92 Å². The summed E-state index contributed by atoms with van der Waals surface area (Å²) in [7, 11) is 0. The average Bonchev–Trinajstić information content (AvgIpc) is 3.28. The number of hydrogen-bond acceptors (Lipinski definition) is 3. The first-order chi connectivity index (χ1) is 13.6. The van der Waals surface area contributed by atoms with Crippen LogP contribution in [0, 0.1) is 11.7 Å². The molecule has 1 aromatic heterocycles. The average molecular weight is 401 g/mol. The molecule has 0 amide bonds. The molecule has 1 heterocycles. The van der Waals surface area contributed by atoms with E-state index in [1.807, 2.05) is 31.2 Å². The van der Waals surface area contributed by atoms with Crippen LogP contribution in [0.15, 0.2) is 42.5 Å². The van der Waals surface area contributed by atoms with Gasteiger partial charge in [0.2, 0.25) is 0 Å². The fourth-order valence-electron chi connectivity index (χ4n) is 4.14. The first kappa shape index (κ1) is 18.9. The molecule has 2 aromatic carbocycles. The van der Waals surface area contributed by atoms with Crippen molar-refractivity contribution >= 4 is 28.6 Å². The van der Waals surface area contributed by atoms with Gasteiger partial charge >= 0.3 is 5.97 Å². The van der Waals surface area contributed by atoms with Gasteiger partial charge in [0.25, 0.3) is 0 Å². The summed E-state index contributed by atoms with van der Waals surface area (Å²) < 4.78 is 21.2. The number of hydrogen-bond donors (Lipinski definition) is 0. The zero-order valence-electron chi connectivity index (χ0n) is 15.7. The Labute approximate surface area is 168 Å². The third-order valence-corrected chi connectivity index (χ3v) is 5.68. The number of halogens is 2. The summed E-state index contributed by atoms with van der Waals surface area (Å²) in [5, 5.41) is 0.680. The molecule has 0 bridgehead atoms. The van der Waals surface area contributed by atoms with E-state index in [0.29, 0.717) is 23.7 Å². The lowest BCUT2D eigenvalue weighted by atomic mass is 9.95. The molecule has 4 rings (SSSR count). The molecule has 0 spiro atoms. The predicted molar refractivity (Wildman–Crippen MR) is 107 cm³/mol. The quantitative estimate of drug-likeness (QED) is 0.544. The summed E-state index contributed by atoms with van der Waals surface area (Å²) in [5.41, 5.74) is 2.54. The van der Waals surface area contributed by atoms with Crippen LogP contribution >= 0.6 is 11.6 Å². The van der Waals surface area contributed by atoms with Crippen molar-refractivity contribution in [1.29, 1.82) is 0 Å². The fraction of sp³-hybridized carbons (Fsp3) is 0.364. The van der Waals surface area contributed by atoms with Gasteiger partial charge in [0, 0.05) is 23.6 Å². The van der Waals surface area contributed by atoms with Crippen LogP contribution in [0.2, 0.25) is 5.02 Å². The summed E-state index contributed by atoms with van der Waals surface area (Å²) >= 11 is 6.01.